The van der Waals surface area contributed by atoms with Crippen molar-refractivity contribution in [2.75, 3.05) is 14.1 Å². The zero-order chi connectivity index (χ0) is 17.3. The van der Waals surface area contributed by atoms with Crippen LogP contribution in [0.5, 0.6) is 0 Å². The molecule has 0 spiro atoms. The summed E-state index contributed by atoms with van der Waals surface area (Å²) in [4.78, 5) is 0.259. The summed E-state index contributed by atoms with van der Waals surface area (Å²) in [5, 5.41) is 9.49. The van der Waals surface area contributed by atoms with Crippen molar-refractivity contribution in [3.05, 3.63) is 28.8 Å². The molecule has 0 radical (unpaired) electrons. The van der Waals surface area contributed by atoms with E-state index < -0.39 is 10.0 Å². The molecule has 5 heteroatoms. The van der Waals surface area contributed by atoms with Crippen molar-refractivity contribution >= 4 is 10.0 Å². The second-order valence-corrected chi connectivity index (χ2v) is 9.37. The molecule has 0 unspecified atom stereocenters. The van der Waals surface area contributed by atoms with Gasteiger partial charge in [0.25, 0.3) is 0 Å². The topological polar surface area (TPSA) is 61.2 Å². The number of hydrogen-bond donors (Lipinski definition) is 0. The summed E-state index contributed by atoms with van der Waals surface area (Å²) >= 11 is 0. The SMILES string of the molecule is CC(C)Cc1c(C#N)cc(C(C)(C)C)cc1S(=O)(=O)N(C)C. The Kier molecular flexibility index (Phi) is 5.42. The molecule has 0 amide bonds. The molecule has 0 saturated heterocycles. The van der Waals surface area contributed by atoms with Crippen LogP contribution in [0.4, 0.5) is 0 Å². The molecule has 0 fully saturated rings. The lowest BCUT2D eigenvalue weighted by Crippen LogP contribution is -2.25. The van der Waals surface area contributed by atoms with Crippen molar-refractivity contribution in [1.29, 1.82) is 5.26 Å². The second-order valence-electron chi connectivity index (χ2n) is 7.25. The van der Waals surface area contributed by atoms with Crippen LogP contribution in [0.2, 0.25) is 0 Å². The van der Waals surface area contributed by atoms with Crippen molar-refractivity contribution in [3.63, 3.8) is 0 Å². The number of nitriles is 1. The molecule has 122 valence electrons. The van der Waals surface area contributed by atoms with E-state index >= 15 is 0 Å². The van der Waals surface area contributed by atoms with Crippen LogP contribution in [-0.2, 0) is 21.9 Å². The molecule has 4 nitrogen and oxygen atoms in total. The Bertz CT molecular complexity index is 691. The average molecular weight is 322 g/mol. The Morgan fingerprint density at radius 2 is 1.77 bits per heavy atom. The van der Waals surface area contributed by atoms with Crippen LogP contribution in [0, 0.1) is 17.2 Å². The summed E-state index contributed by atoms with van der Waals surface area (Å²) in [6.07, 6.45) is 0.565. The summed E-state index contributed by atoms with van der Waals surface area (Å²) < 4.78 is 26.6. The van der Waals surface area contributed by atoms with E-state index in [0.29, 0.717) is 17.5 Å². The predicted molar refractivity (Wildman–Crippen MR) is 89.3 cm³/mol. The van der Waals surface area contributed by atoms with Crippen LogP contribution in [0.15, 0.2) is 17.0 Å². The normalized spacial score (nSPS) is 12.7. The number of rotatable bonds is 4. The van der Waals surface area contributed by atoms with Gasteiger partial charge in [-0.15, -0.1) is 0 Å². The Balaban J connectivity index is 3.80. The number of sulfonamides is 1. The van der Waals surface area contributed by atoms with Gasteiger partial charge in [-0.1, -0.05) is 34.6 Å². The lowest BCUT2D eigenvalue weighted by atomic mass is 9.84. The van der Waals surface area contributed by atoms with Gasteiger partial charge in [0.2, 0.25) is 10.0 Å². The molecule has 0 aromatic heterocycles. The predicted octanol–water partition coefficient (Wildman–Crippen LogP) is 3.30. The minimum absolute atomic E-state index is 0.224. The molecule has 0 N–H and O–H groups in total. The standard InChI is InChI=1S/C17H26N2O2S/c1-12(2)8-15-13(11-18)9-14(17(3,4)5)10-16(15)22(20,21)19(6)7/h9-10,12H,8H2,1-7H3. The van der Waals surface area contributed by atoms with Gasteiger partial charge in [-0.05, 0) is 41.0 Å². The molecule has 1 aromatic rings. The van der Waals surface area contributed by atoms with E-state index in [1.807, 2.05) is 40.7 Å². The lowest BCUT2D eigenvalue weighted by molar-refractivity contribution is 0.516. The molecule has 1 aromatic carbocycles. The van der Waals surface area contributed by atoms with Gasteiger partial charge in [-0.2, -0.15) is 5.26 Å². The van der Waals surface area contributed by atoms with E-state index in [4.69, 9.17) is 0 Å². The third-order valence-corrected chi connectivity index (χ3v) is 5.45. The van der Waals surface area contributed by atoms with E-state index in [1.165, 1.54) is 18.4 Å². The molecule has 0 bridgehead atoms. The zero-order valence-corrected chi connectivity index (χ0v) is 15.4. The van der Waals surface area contributed by atoms with Crippen LogP contribution in [0.1, 0.15) is 51.3 Å². The third-order valence-electron chi connectivity index (χ3n) is 3.57. The molecule has 1 rings (SSSR count). The van der Waals surface area contributed by atoms with E-state index in [0.717, 1.165) is 5.56 Å². The van der Waals surface area contributed by atoms with E-state index in [-0.39, 0.29) is 16.2 Å². The number of hydrogen-bond acceptors (Lipinski definition) is 3. The van der Waals surface area contributed by atoms with Gasteiger partial charge < -0.3 is 0 Å². The first kappa shape index (κ1) is 18.7. The third kappa shape index (κ3) is 3.88. The first-order valence-corrected chi connectivity index (χ1v) is 8.85. The van der Waals surface area contributed by atoms with Crippen molar-refractivity contribution in [3.8, 4) is 6.07 Å². The number of benzene rings is 1. The second kappa shape index (κ2) is 6.39. The maximum Gasteiger partial charge on any atom is 0.242 e. The first-order valence-electron chi connectivity index (χ1n) is 7.41. The van der Waals surface area contributed by atoms with Crippen LogP contribution in [-0.4, -0.2) is 26.8 Å². The van der Waals surface area contributed by atoms with Crippen molar-refractivity contribution in [2.24, 2.45) is 5.92 Å². The molecule has 0 aliphatic rings. The van der Waals surface area contributed by atoms with Gasteiger partial charge in [0.1, 0.15) is 0 Å². The minimum atomic E-state index is -3.59. The summed E-state index contributed by atoms with van der Waals surface area (Å²) in [5.41, 5.74) is 1.72. The molecule has 0 saturated carbocycles. The highest BCUT2D eigenvalue weighted by atomic mass is 32.2. The Morgan fingerprint density at radius 1 is 1.23 bits per heavy atom. The Hall–Kier alpha value is -1.38. The quantitative estimate of drug-likeness (QED) is 0.854. The molecular formula is C17H26N2O2S. The summed E-state index contributed by atoms with van der Waals surface area (Å²) in [7, 11) is -0.550. The van der Waals surface area contributed by atoms with Gasteiger partial charge in [0.05, 0.1) is 16.5 Å². The highest BCUT2D eigenvalue weighted by molar-refractivity contribution is 7.89. The van der Waals surface area contributed by atoms with Crippen LogP contribution < -0.4 is 0 Å². The summed E-state index contributed by atoms with van der Waals surface area (Å²) in [6.45, 7) is 10.1. The fourth-order valence-electron chi connectivity index (χ4n) is 2.22. The fraction of sp³-hybridized carbons (Fsp3) is 0.588. The van der Waals surface area contributed by atoms with Crippen LogP contribution in [0.25, 0.3) is 0 Å². The highest BCUT2D eigenvalue weighted by Gasteiger charge is 2.27. The van der Waals surface area contributed by atoms with Gasteiger partial charge in [-0.25, -0.2) is 12.7 Å². The van der Waals surface area contributed by atoms with Gasteiger partial charge in [-0.3, -0.25) is 0 Å². The fourth-order valence-corrected chi connectivity index (χ4v) is 3.40. The van der Waals surface area contributed by atoms with Gasteiger partial charge in [0, 0.05) is 14.1 Å². The largest absolute Gasteiger partial charge is 0.242 e. The van der Waals surface area contributed by atoms with E-state index in [9.17, 15) is 13.7 Å². The Morgan fingerprint density at radius 3 is 2.14 bits per heavy atom. The maximum absolute atomic E-state index is 12.7. The van der Waals surface area contributed by atoms with Crippen molar-refractivity contribution in [1.82, 2.24) is 4.31 Å². The molecule has 0 aliphatic heterocycles. The number of nitrogens with zero attached hydrogens (tertiary/aromatic N) is 2. The van der Waals surface area contributed by atoms with Gasteiger partial charge >= 0.3 is 0 Å². The van der Waals surface area contributed by atoms with Crippen molar-refractivity contribution in [2.45, 2.75) is 51.3 Å². The summed E-state index contributed by atoms with van der Waals surface area (Å²) in [5.74, 6) is 0.267. The molecule has 22 heavy (non-hydrogen) atoms. The molecule has 0 atom stereocenters. The van der Waals surface area contributed by atoms with Crippen LogP contribution in [0.3, 0.4) is 0 Å². The van der Waals surface area contributed by atoms with Crippen LogP contribution >= 0.6 is 0 Å². The smallest absolute Gasteiger partial charge is 0.207 e. The van der Waals surface area contributed by atoms with Gasteiger partial charge in [0.15, 0.2) is 0 Å². The highest BCUT2D eigenvalue weighted by Crippen LogP contribution is 2.31. The van der Waals surface area contributed by atoms with E-state index in [1.54, 1.807) is 6.07 Å². The lowest BCUT2D eigenvalue weighted by Gasteiger charge is -2.24. The maximum atomic E-state index is 12.7. The zero-order valence-electron chi connectivity index (χ0n) is 14.6. The monoisotopic (exact) mass is 322 g/mol. The summed E-state index contributed by atoms with van der Waals surface area (Å²) in [6, 6.07) is 5.74. The molecular weight excluding hydrogens is 296 g/mol. The van der Waals surface area contributed by atoms with Crippen molar-refractivity contribution < 1.29 is 8.42 Å². The Labute approximate surface area is 134 Å². The molecule has 0 heterocycles. The minimum Gasteiger partial charge on any atom is -0.207 e. The molecule has 0 aliphatic carbocycles. The van der Waals surface area contributed by atoms with E-state index in [2.05, 4.69) is 6.07 Å². The average Bonchev–Trinajstić information content (AvgIpc) is 2.36. The first-order chi connectivity index (χ1) is 9.91.